The van der Waals surface area contributed by atoms with Crippen molar-refractivity contribution in [3.8, 4) is 0 Å². The van der Waals surface area contributed by atoms with Crippen LogP contribution >= 0.6 is 0 Å². The van der Waals surface area contributed by atoms with Gasteiger partial charge in [-0.2, -0.15) is 0 Å². The molecule has 3 heteroatoms. The Bertz CT molecular complexity index is 203. The molecule has 1 heterocycles. The van der Waals surface area contributed by atoms with Crippen molar-refractivity contribution < 1.29 is 4.79 Å². The number of nitrogens with one attached hydrogen (secondary N) is 1. The van der Waals surface area contributed by atoms with Crippen LogP contribution in [0.5, 0.6) is 0 Å². The number of urea groups is 1. The molecule has 1 unspecified atom stereocenters. The van der Waals surface area contributed by atoms with Crippen molar-refractivity contribution in [2.24, 2.45) is 5.92 Å². The van der Waals surface area contributed by atoms with E-state index in [4.69, 9.17) is 0 Å². The van der Waals surface area contributed by atoms with Crippen molar-refractivity contribution in [3.63, 3.8) is 0 Å². The van der Waals surface area contributed by atoms with Crippen molar-refractivity contribution in [2.45, 2.75) is 26.2 Å². The first-order chi connectivity index (χ1) is 6.74. The van der Waals surface area contributed by atoms with Crippen molar-refractivity contribution >= 4 is 6.03 Å². The second-order valence-corrected chi connectivity index (χ2v) is 4.00. The summed E-state index contributed by atoms with van der Waals surface area (Å²) in [6.45, 7) is 8.18. The molecule has 1 rings (SSSR count). The summed E-state index contributed by atoms with van der Waals surface area (Å²) < 4.78 is 0. The van der Waals surface area contributed by atoms with E-state index in [0.29, 0.717) is 6.54 Å². The van der Waals surface area contributed by atoms with Crippen LogP contribution in [0.4, 0.5) is 4.79 Å². The highest BCUT2D eigenvalue weighted by molar-refractivity contribution is 5.74. The van der Waals surface area contributed by atoms with Gasteiger partial charge in [-0.1, -0.05) is 13.0 Å². The Morgan fingerprint density at radius 2 is 2.36 bits per heavy atom. The number of rotatable bonds is 2. The summed E-state index contributed by atoms with van der Waals surface area (Å²) in [6.07, 6.45) is 5.20. The van der Waals surface area contributed by atoms with Crippen molar-refractivity contribution in [1.29, 1.82) is 0 Å². The molecule has 0 aliphatic carbocycles. The van der Waals surface area contributed by atoms with E-state index >= 15 is 0 Å². The smallest absolute Gasteiger partial charge is 0.317 e. The molecule has 0 bridgehead atoms. The Kier molecular flexibility index (Phi) is 4.50. The van der Waals surface area contributed by atoms with Gasteiger partial charge < -0.3 is 10.2 Å². The molecule has 1 fully saturated rings. The molecule has 0 spiro atoms. The second-order valence-electron chi connectivity index (χ2n) is 4.00. The molecular formula is C11H20N2O. The van der Waals surface area contributed by atoms with E-state index in [1.54, 1.807) is 6.08 Å². The van der Waals surface area contributed by atoms with Gasteiger partial charge in [-0.05, 0) is 25.2 Å². The van der Waals surface area contributed by atoms with Crippen LogP contribution in [0.3, 0.4) is 0 Å². The van der Waals surface area contributed by atoms with E-state index in [1.807, 2.05) is 4.90 Å². The van der Waals surface area contributed by atoms with Crippen molar-refractivity contribution in [3.05, 3.63) is 12.7 Å². The van der Waals surface area contributed by atoms with Gasteiger partial charge in [-0.15, -0.1) is 6.58 Å². The molecule has 1 N–H and O–H groups in total. The molecule has 80 valence electrons. The Morgan fingerprint density at radius 1 is 1.57 bits per heavy atom. The zero-order valence-corrected chi connectivity index (χ0v) is 8.96. The molecule has 14 heavy (non-hydrogen) atoms. The predicted molar refractivity (Wildman–Crippen MR) is 58.2 cm³/mol. The minimum absolute atomic E-state index is 0.0546. The van der Waals surface area contributed by atoms with Crippen LogP contribution in [-0.4, -0.2) is 30.6 Å². The van der Waals surface area contributed by atoms with Crippen LogP contribution in [-0.2, 0) is 0 Å². The lowest BCUT2D eigenvalue weighted by Gasteiger charge is -2.20. The molecule has 0 radical (unpaired) electrons. The van der Waals surface area contributed by atoms with Crippen molar-refractivity contribution in [1.82, 2.24) is 10.2 Å². The number of nitrogens with zero attached hydrogens (tertiary/aromatic N) is 1. The van der Waals surface area contributed by atoms with E-state index < -0.39 is 0 Å². The van der Waals surface area contributed by atoms with E-state index in [0.717, 1.165) is 31.8 Å². The van der Waals surface area contributed by atoms with Gasteiger partial charge in [-0.25, -0.2) is 4.79 Å². The van der Waals surface area contributed by atoms with Gasteiger partial charge in [-0.3, -0.25) is 0 Å². The third-order valence-electron chi connectivity index (χ3n) is 2.70. The highest BCUT2D eigenvalue weighted by Gasteiger charge is 2.17. The lowest BCUT2D eigenvalue weighted by molar-refractivity contribution is 0.200. The Hall–Kier alpha value is -0.990. The summed E-state index contributed by atoms with van der Waals surface area (Å²) in [5, 5.41) is 2.81. The number of amides is 2. The van der Waals surface area contributed by atoms with Gasteiger partial charge in [0.1, 0.15) is 0 Å². The monoisotopic (exact) mass is 196 g/mol. The third-order valence-corrected chi connectivity index (χ3v) is 2.70. The van der Waals surface area contributed by atoms with Crippen LogP contribution in [0.1, 0.15) is 26.2 Å². The Balaban J connectivity index is 2.35. The normalized spacial score (nSPS) is 22.6. The fourth-order valence-corrected chi connectivity index (χ4v) is 1.74. The average Bonchev–Trinajstić information content (AvgIpc) is 2.39. The molecule has 0 aromatic rings. The Morgan fingerprint density at radius 3 is 3.07 bits per heavy atom. The number of carbonyl (C=O) groups excluding carboxylic acids is 1. The van der Waals surface area contributed by atoms with Gasteiger partial charge >= 0.3 is 6.03 Å². The molecule has 1 aliphatic heterocycles. The van der Waals surface area contributed by atoms with Crippen LogP contribution < -0.4 is 5.32 Å². The highest BCUT2D eigenvalue weighted by atomic mass is 16.2. The molecule has 2 amide bonds. The molecule has 1 aliphatic rings. The average molecular weight is 196 g/mol. The van der Waals surface area contributed by atoms with E-state index in [-0.39, 0.29) is 6.03 Å². The van der Waals surface area contributed by atoms with Crippen LogP contribution in [0.2, 0.25) is 0 Å². The zero-order valence-electron chi connectivity index (χ0n) is 8.96. The molecule has 3 nitrogen and oxygen atoms in total. The standard InChI is InChI=1S/C11H20N2O/c1-3-7-12-11(14)13-8-4-5-10(2)6-9-13/h3,10H,1,4-9H2,2H3,(H,12,14). The fourth-order valence-electron chi connectivity index (χ4n) is 1.74. The summed E-state index contributed by atoms with van der Waals surface area (Å²) in [7, 11) is 0. The summed E-state index contributed by atoms with van der Waals surface area (Å²) in [5.41, 5.74) is 0. The SMILES string of the molecule is C=CCNC(=O)N1CCCC(C)CC1. The summed E-state index contributed by atoms with van der Waals surface area (Å²) in [4.78, 5) is 13.5. The van der Waals surface area contributed by atoms with Gasteiger partial charge in [0.2, 0.25) is 0 Å². The molecule has 0 saturated carbocycles. The maximum absolute atomic E-state index is 11.6. The number of likely N-dealkylation sites (tertiary alicyclic amines) is 1. The van der Waals surface area contributed by atoms with E-state index in [9.17, 15) is 4.79 Å². The van der Waals surface area contributed by atoms with E-state index in [1.165, 1.54) is 6.42 Å². The number of hydrogen-bond acceptors (Lipinski definition) is 1. The van der Waals surface area contributed by atoms with Crippen LogP contribution in [0, 0.1) is 5.92 Å². The minimum Gasteiger partial charge on any atom is -0.335 e. The maximum atomic E-state index is 11.6. The lowest BCUT2D eigenvalue weighted by Crippen LogP contribution is -2.40. The molecule has 1 saturated heterocycles. The summed E-state index contributed by atoms with van der Waals surface area (Å²) in [5.74, 6) is 0.757. The van der Waals surface area contributed by atoms with Gasteiger partial charge in [0.25, 0.3) is 0 Å². The predicted octanol–water partition coefficient (Wildman–Crippen LogP) is 2.00. The third kappa shape index (κ3) is 3.40. The summed E-state index contributed by atoms with van der Waals surface area (Å²) >= 11 is 0. The first-order valence-electron chi connectivity index (χ1n) is 5.37. The summed E-state index contributed by atoms with van der Waals surface area (Å²) in [6, 6.07) is 0.0546. The second kappa shape index (κ2) is 5.68. The first-order valence-corrected chi connectivity index (χ1v) is 5.37. The number of hydrogen-bond donors (Lipinski definition) is 1. The molecule has 0 aromatic heterocycles. The Labute approximate surface area is 86.2 Å². The molecular weight excluding hydrogens is 176 g/mol. The van der Waals surface area contributed by atoms with Crippen LogP contribution in [0.15, 0.2) is 12.7 Å². The van der Waals surface area contributed by atoms with E-state index in [2.05, 4.69) is 18.8 Å². The van der Waals surface area contributed by atoms with Gasteiger partial charge in [0.05, 0.1) is 0 Å². The quantitative estimate of drug-likeness (QED) is 0.673. The lowest BCUT2D eigenvalue weighted by atomic mass is 10.0. The van der Waals surface area contributed by atoms with Gasteiger partial charge in [0, 0.05) is 19.6 Å². The fraction of sp³-hybridized carbons (Fsp3) is 0.727. The minimum atomic E-state index is 0.0546. The molecule has 0 aromatic carbocycles. The molecule has 1 atom stereocenters. The topological polar surface area (TPSA) is 32.3 Å². The zero-order chi connectivity index (χ0) is 10.4. The van der Waals surface area contributed by atoms with Crippen molar-refractivity contribution in [2.75, 3.05) is 19.6 Å². The van der Waals surface area contributed by atoms with Crippen LogP contribution in [0.25, 0.3) is 0 Å². The largest absolute Gasteiger partial charge is 0.335 e. The number of carbonyl (C=O) groups is 1. The first kappa shape index (κ1) is 11.1. The maximum Gasteiger partial charge on any atom is 0.317 e. The van der Waals surface area contributed by atoms with Gasteiger partial charge in [0.15, 0.2) is 0 Å². The highest BCUT2D eigenvalue weighted by Crippen LogP contribution is 2.16.